The lowest BCUT2D eigenvalue weighted by Crippen LogP contribution is -2.21. The van der Waals surface area contributed by atoms with Gasteiger partial charge >= 0.3 is 5.97 Å². The van der Waals surface area contributed by atoms with Gasteiger partial charge in [-0.15, -0.1) is 0 Å². The fourth-order valence-corrected chi connectivity index (χ4v) is 2.04. The molecule has 1 aliphatic carbocycles. The molecular weight excluding hydrogens is 192 g/mol. The first-order valence-corrected chi connectivity index (χ1v) is 5.16. The summed E-state index contributed by atoms with van der Waals surface area (Å²) in [4.78, 5) is 11.5. The van der Waals surface area contributed by atoms with E-state index < -0.39 is 12.0 Å². The van der Waals surface area contributed by atoms with Crippen molar-refractivity contribution in [3.63, 3.8) is 0 Å². The summed E-state index contributed by atoms with van der Waals surface area (Å²) in [5.41, 5.74) is 1.90. The van der Waals surface area contributed by atoms with Gasteiger partial charge in [0.1, 0.15) is 0 Å². The van der Waals surface area contributed by atoms with E-state index in [2.05, 4.69) is 0 Å². The van der Waals surface area contributed by atoms with Gasteiger partial charge in [0.15, 0.2) is 0 Å². The van der Waals surface area contributed by atoms with Gasteiger partial charge in [-0.3, -0.25) is 4.79 Å². The molecule has 0 amide bonds. The van der Waals surface area contributed by atoms with Crippen LogP contribution in [0, 0.1) is 5.92 Å². The highest BCUT2D eigenvalue weighted by Crippen LogP contribution is 2.36. The van der Waals surface area contributed by atoms with Gasteiger partial charge < -0.3 is 9.84 Å². The molecule has 3 nitrogen and oxygen atoms in total. The van der Waals surface area contributed by atoms with Crippen LogP contribution in [0.25, 0.3) is 0 Å². The first kappa shape index (κ1) is 10.2. The van der Waals surface area contributed by atoms with E-state index in [4.69, 9.17) is 4.74 Å². The molecule has 0 radical (unpaired) electrons. The molecule has 1 aromatic rings. The van der Waals surface area contributed by atoms with Crippen molar-refractivity contribution >= 4 is 5.97 Å². The van der Waals surface area contributed by atoms with Crippen LogP contribution in [-0.2, 0) is 16.0 Å². The summed E-state index contributed by atoms with van der Waals surface area (Å²) in [7, 11) is 0. The van der Waals surface area contributed by atoms with Crippen LogP contribution in [0.5, 0.6) is 0 Å². The Hall–Kier alpha value is -1.35. The lowest BCUT2D eigenvalue weighted by atomic mass is 10.0. The Kier molecular flexibility index (Phi) is 2.73. The number of aliphatic hydroxyl groups excluding tert-OH is 1. The highest BCUT2D eigenvalue weighted by molar-refractivity contribution is 5.75. The second-order valence-electron chi connectivity index (χ2n) is 3.71. The lowest BCUT2D eigenvalue weighted by molar-refractivity contribution is -0.151. The summed E-state index contributed by atoms with van der Waals surface area (Å²) in [6.45, 7) is 2.13. The minimum Gasteiger partial charge on any atom is -0.466 e. The molecule has 3 heteroatoms. The van der Waals surface area contributed by atoms with Gasteiger partial charge in [-0.2, -0.15) is 0 Å². The predicted octanol–water partition coefficient (Wildman–Crippen LogP) is 1.46. The van der Waals surface area contributed by atoms with E-state index >= 15 is 0 Å². The monoisotopic (exact) mass is 206 g/mol. The van der Waals surface area contributed by atoms with E-state index in [1.165, 1.54) is 0 Å². The highest BCUT2D eigenvalue weighted by Gasteiger charge is 2.36. The Morgan fingerprint density at radius 2 is 2.27 bits per heavy atom. The van der Waals surface area contributed by atoms with Crippen molar-refractivity contribution in [2.24, 2.45) is 5.92 Å². The molecule has 1 aromatic carbocycles. The molecule has 0 bridgehead atoms. The van der Waals surface area contributed by atoms with Crippen LogP contribution in [0.1, 0.15) is 24.2 Å². The first-order valence-electron chi connectivity index (χ1n) is 5.16. The van der Waals surface area contributed by atoms with Crippen LogP contribution >= 0.6 is 0 Å². The van der Waals surface area contributed by atoms with Crippen LogP contribution < -0.4 is 0 Å². The lowest BCUT2D eigenvalue weighted by Gasteiger charge is -2.12. The molecule has 0 saturated carbocycles. The van der Waals surface area contributed by atoms with E-state index in [1.54, 1.807) is 6.92 Å². The molecule has 0 unspecified atom stereocenters. The second-order valence-corrected chi connectivity index (χ2v) is 3.71. The third-order valence-electron chi connectivity index (χ3n) is 2.78. The number of esters is 1. The zero-order valence-corrected chi connectivity index (χ0v) is 8.64. The quantitative estimate of drug-likeness (QED) is 0.745. The summed E-state index contributed by atoms with van der Waals surface area (Å²) in [6, 6.07) is 7.59. The van der Waals surface area contributed by atoms with E-state index in [9.17, 15) is 9.90 Å². The highest BCUT2D eigenvalue weighted by atomic mass is 16.5. The molecule has 1 aliphatic rings. The molecule has 15 heavy (non-hydrogen) atoms. The third kappa shape index (κ3) is 1.75. The standard InChI is InChI=1S/C12H14O3/c1-2-15-12(14)10-7-8-5-3-4-6-9(8)11(10)13/h3-6,10-11,13H,2,7H2,1H3/t10-,11-/m1/s1. The number of carbonyl (C=O) groups excluding carboxylic acids is 1. The normalized spacial score (nSPS) is 23.6. The molecule has 2 rings (SSSR count). The van der Waals surface area contributed by atoms with Crippen LogP contribution in [0.3, 0.4) is 0 Å². The predicted molar refractivity (Wildman–Crippen MR) is 55.2 cm³/mol. The Labute approximate surface area is 88.7 Å². The zero-order valence-electron chi connectivity index (χ0n) is 8.64. The van der Waals surface area contributed by atoms with Crippen molar-refractivity contribution in [3.8, 4) is 0 Å². The van der Waals surface area contributed by atoms with Crippen molar-refractivity contribution in [2.75, 3.05) is 6.61 Å². The Bertz CT molecular complexity index is 373. The Morgan fingerprint density at radius 3 is 2.93 bits per heavy atom. The Morgan fingerprint density at radius 1 is 1.53 bits per heavy atom. The minimum absolute atomic E-state index is 0.304. The maximum Gasteiger partial charge on any atom is 0.312 e. The van der Waals surface area contributed by atoms with Gasteiger partial charge in [-0.25, -0.2) is 0 Å². The average Bonchev–Trinajstić information content (AvgIpc) is 2.57. The number of carbonyl (C=O) groups is 1. The largest absolute Gasteiger partial charge is 0.466 e. The van der Waals surface area contributed by atoms with E-state index in [0.29, 0.717) is 13.0 Å². The van der Waals surface area contributed by atoms with E-state index in [0.717, 1.165) is 11.1 Å². The number of hydrogen-bond donors (Lipinski definition) is 1. The zero-order chi connectivity index (χ0) is 10.8. The van der Waals surface area contributed by atoms with Gasteiger partial charge in [0.25, 0.3) is 0 Å². The molecule has 0 aromatic heterocycles. The van der Waals surface area contributed by atoms with Gasteiger partial charge in [0.05, 0.1) is 18.6 Å². The number of hydrogen-bond acceptors (Lipinski definition) is 3. The number of aliphatic hydroxyl groups is 1. The summed E-state index contributed by atoms with van der Waals surface area (Å²) in [5.74, 6) is -0.733. The molecule has 2 atom stereocenters. The molecular formula is C12H14O3. The van der Waals surface area contributed by atoms with Gasteiger partial charge in [-0.1, -0.05) is 24.3 Å². The molecule has 0 fully saturated rings. The molecule has 0 heterocycles. The van der Waals surface area contributed by atoms with E-state index in [-0.39, 0.29) is 5.97 Å². The van der Waals surface area contributed by atoms with Gasteiger partial charge in [0, 0.05) is 0 Å². The average molecular weight is 206 g/mol. The fraction of sp³-hybridized carbons (Fsp3) is 0.417. The maximum absolute atomic E-state index is 11.5. The summed E-state index contributed by atoms with van der Waals surface area (Å²) in [5, 5.41) is 9.94. The van der Waals surface area contributed by atoms with Crippen molar-refractivity contribution < 1.29 is 14.6 Å². The van der Waals surface area contributed by atoms with Crippen molar-refractivity contribution in [1.29, 1.82) is 0 Å². The number of fused-ring (bicyclic) bond motifs is 1. The second kappa shape index (κ2) is 4.03. The number of benzene rings is 1. The maximum atomic E-state index is 11.5. The summed E-state index contributed by atoms with van der Waals surface area (Å²) in [6.07, 6.45) is -0.129. The van der Waals surface area contributed by atoms with Crippen LogP contribution in [0.15, 0.2) is 24.3 Å². The molecule has 0 spiro atoms. The minimum atomic E-state index is -0.708. The Balaban J connectivity index is 2.19. The first-order chi connectivity index (χ1) is 7.24. The van der Waals surface area contributed by atoms with Crippen LogP contribution in [0.2, 0.25) is 0 Å². The SMILES string of the molecule is CCOC(=O)[C@@H]1Cc2ccccc2[C@H]1O. The topological polar surface area (TPSA) is 46.5 Å². The van der Waals surface area contributed by atoms with Gasteiger partial charge in [0.2, 0.25) is 0 Å². The van der Waals surface area contributed by atoms with Crippen LogP contribution in [-0.4, -0.2) is 17.7 Å². The molecule has 0 saturated heterocycles. The van der Waals surface area contributed by atoms with Gasteiger partial charge in [-0.05, 0) is 24.5 Å². The molecule has 0 aliphatic heterocycles. The summed E-state index contributed by atoms with van der Waals surface area (Å²) >= 11 is 0. The van der Waals surface area contributed by atoms with Crippen LogP contribution in [0.4, 0.5) is 0 Å². The summed E-state index contributed by atoms with van der Waals surface area (Å²) < 4.78 is 4.93. The van der Waals surface area contributed by atoms with E-state index in [1.807, 2.05) is 24.3 Å². The van der Waals surface area contributed by atoms with Crippen molar-refractivity contribution in [2.45, 2.75) is 19.4 Å². The van der Waals surface area contributed by atoms with Crippen molar-refractivity contribution in [3.05, 3.63) is 35.4 Å². The fourth-order valence-electron chi connectivity index (χ4n) is 2.04. The third-order valence-corrected chi connectivity index (χ3v) is 2.78. The molecule has 80 valence electrons. The number of rotatable bonds is 2. The number of ether oxygens (including phenoxy) is 1. The molecule has 1 N–H and O–H groups in total. The van der Waals surface area contributed by atoms with Crippen molar-refractivity contribution in [1.82, 2.24) is 0 Å². The smallest absolute Gasteiger partial charge is 0.312 e.